The first-order valence-corrected chi connectivity index (χ1v) is 7.62. The highest BCUT2D eigenvalue weighted by Gasteiger charge is 2.27. The summed E-state index contributed by atoms with van der Waals surface area (Å²) in [6.07, 6.45) is 0.216. The number of aromatic nitrogens is 2. The van der Waals surface area contributed by atoms with Gasteiger partial charge in [0.15, 0.2) is 0 Å². The van der Waals surface area contributed by atoms with Gasteiger partial charge in [-0.05, 0) is 18.4 Å². The quantitative estimate of drug-likeness (QED) is 0.832. The minimum Gasteiger partial charge on any atom is -0.481 e. The lowest BCUT2D eigenvalue weighted by Crippen LogP contribution is -2.41. The predicted octanol–water partition coefficient (Wildman–Crippen LogP) is 0.649. The molecule has 0 aromatic carbocycles. The number of fused-ring (bicyclic) bond motifs is 1. The Morgan fingerprint density at radius 1 is 1.36 bits per heavy atom. The van der Waals surface area contributed by atoms with E-state index >= 15 is 0 Å². The molecule has 1 aliphatic rings. The summed E-state index contributed by atoms with van der Waals surface area (Å²) < 4.78 is 1.84. The summed E-state index contributed by atoms with van der Waals surface area (Å²) in [5.41, 5.74) is 1.62. The zero-order chi connectivity index (χ0) is 16.3. The fraction of sp³-hybridized carbons (Fsp3) is 0.667. The third kappa shape index (κ3) is 3.85. The molecule has 1 amide bonds. The molecule has 0 saturated heterocycles. The van der Waals surface area contributed by atoms with Crippen molar-refractivity contribution in [2.75, 3.05) is 6.54 Å². The third-order valence-corrected chi connectivity index (χ3v) is 3.86. The van der Waals surface area contributed by atoms with Crippen LogP contribution in [0.5, 0.6) is 0 Å². The molecule has 0 saturated carbocycles. The summed E-state index contributed by atoms with van der Waals surface area (Å²) in [4.78, 5) is 24.6. The van der Waals surface area contributed by atoms with Gasteiger partial charge in [-0.15, -0.1) is 0 Å². The molecule has 0 fully saturated rings. The summed E-state index contributed by atoms with van der Waals surface area (Å²) in [5, 5.41) is 23.1. The highest BCUT2D eigenvalue weighted by atomic mass is 16.4. The van der Waals surface area contributed by atoms with Crippen LogP contribution in [-0.4, -0.2) is 49.4 Å². The average molecular weight is 309 g/mol. The smallest absolute Gasteiger partial charge is 0.303 e. The van der Waals surface area contributed by atoms with Gasteiger partial charge in [-0.3, -0.25) is 14.3 Å². The van der Waals surface area contributed by atoms with Gasteiger partial charge in [0.1, 0.15) is 6.10 Å². The molecule has 2 heterocycles. The second-order valence-corrected chi connectivity index (χ2v) is 6.05. The maximum atomic E-state index is 12.3. The van der Waals surface area contributed by atoms with E-state index in [4.69, 9.17) is 5.11 Å². The van der Waals surface area contributed by atoms with E-state index in [2.05, 4.69) is 5.10 Å². The number of aliphatic carboxylic acids is 1. The summed E-state index contributed by atoms with van der Waals surface area (Å²) in [6.45, 7) is 5.33. The SMILES string of the molecule is CC(C)[C@@H](O)C(=O)N1CCCn2nc(CCC(=O)O)cc2C1. The van der Waals surface area contributed by atoms with Crippen LogP contribution >= 0.6 is 0 Å². The highest BCUT2D eigenvalue weighted by Crippen LogP contribution is 2.17. The number of rotatable bonds is 5. The van der Waals surface area contributed by atoms with Crippen LogP contribution in [0.3, 0.4) is 0 Å². The molecular formula is C15H23N3O4. The molecule has 122 valence electrons. The summed E-state index contributed by atoms with van der Waals surface area (Å²) in [6, 6.07) is 1.86. The Hall–Kier alpha value is -1.89. The molecule has 1 atom stereocenters. The van der Waals surface area contributed by atoms with Crippen molar-refractivity contribution < 1.29 is 19.8 Å². The van der Waals surface area contributed by atoms with E-state index in [1.165, 1.54) is 0 Å². The van der Waals surface area contributed by atoms with E-state index in [-0.39, 0.29) is 18.2 Å². The van der Waals surface area contributed by atoms with Gasteiger partial charge in [0.05, 0.1) is 24.4 Å². The number of carbonyl (C=O) groups is 2. The van der Waals surface area contributed by atoms with Crippen LogP contribution in [0.2, 0.25) is 0 Å². The molecule has 1 aliphatic heterocycles. The minimum atomic E-state index is -0.985. The van der Waals surface area contributed by atoms with E-state index in [0.29, 0.717) is 26.1 Å². The Kier molecular flexibility index (Phi) is 5.18. The van der Waals surface area contributed by atoms with Crippen molar-refractivity contribution in [3.05, 3.63) is 17.5 Å². The van der Waals surface area contributed by atoms with E-state index in [1.807, 2.05) is 24.6 Å². The monoisotopic (exact) mass is 309 g/mol. The molecule has 1 aromatic rings. The lowest BCUT2D eigenvalue weighted by molar-refractivity contribution is -0.143. The van der Waals surface area contributed by atoms with Gasteiger partial charge in [0.25, 0.3) is 5.91 Å². The molecule has 0 aliphatic carbocycles. The van der Waals surface area contributed by atoms with Gasteiger partial charge in [-0.25, -0.2) is 0 Å². The topological polar surface area (TPSA) is 95.7 Å². The molecule has 7 nitrogen and oxygen atoms in total. The summed E-state index contributed by atoms with van der Waals surface area (Å²) in [5.74, 6) is -1.22. The highest BCUT2D eigenvalue weighted by molar-refractivity contribution is 5.80. The van der Waals surface area contributed by atoms with Crippen LogP contribution in [0.4, 0.5) is 0 Å². The molecule has 0 unspecified atom stereocenters. The van der Waals surface area contributed by atoms with Crippen molar-refractivity contribution in [1.82, 2.24) is 14.7 Å². The summed E-state index contributed by atoms with van der Waals surface area (Å²) >= 11 is 0. The van der Waals surface area contributed by atoms with E-state index < -0.39 is 12.1 Å². The van der Waals surface area contributed by atoms with Gasteiger partial charge in [-0.2, -0.15) is 5.10 Å². The lowest BCUT2D eigenvalue weighted by atomic mass is 10.1. The van der Waals surface area contributed by atoms with Crippen molar-refractivity contribution >= 4 is 11.9 Å². The third-order valence-electron chi connectivity index (χ3n) is 3.86. The van der Waals surface area contributed by atoms with Gasteiger partial charge in [0, 0.05) is 19.5 Å². The fourth-order valence-corrected chi connectivity index (χ4v) is 2.54. The maximum absolute atomic E-state index is 12.3. The number of nitrogens with zero attached hydrogens (tertiary/aromatic N) is 3. The molecule has 0 bridgehead atoms. The molecule has 2 N–H and O–H groups in total. The minimum absolute atomic E-state index is 0.0468. The second kappa shape index (κ2) is 6.91. The number of aliphatic hydroxyl groups is 1. The van der Waals surface area contributed by atoms with Crippen LogP contribution in [0.1, 0.15) is 38.1 Å². The Morgan fingerprint density at radius 2 is 2.09 bits per heavy atom. The normalized spacial score (nSPS) is 16.3. The van der Waals surface area contributed by atoms with Crippen molar-refractivity contribution in [1.29, 1.82) is 0 Å². The molecule has 2 rings (SSSR count). The Labute approximate surface area is 129 Å². The van der Waals surface area contributed by atoms with Gasteiger partial charge < -0.3 is 15.1 Å². The fourth-order valence-electron chi connectivity index (χ4n) is 2.54. The second-order valence-electron chi connectivity index (χ2n) is 6.05. The Bertz CT molecular complexity index is 553. The van der Waals surface area contributed by atoms with Gasteiger partial charge in [0.2, 0.25) is 0 Å². The number of aryl methyl sites for hydroxylation is 2. The lowest BCUT2D eigenvalue weighted by Gasteiger charge is -2.24. The molecule has 0 spiro atoms. The standard InChI is InChI=1S/C15H23N3O4/c1-10(2)14(21)15(22)17-6-3-7-18-12(9-17)8-11(16-18)4-5-13(19)20/h8,10,14,21H,3-7,9H2,1-2H3,(H,19,20)/t14-/m1/s1. The first kappa shape index (κ1) is 16.5. The molecule has 22 heavy (non-hydrogen) atoms. The molecular weight excluding hydrogens is 286 g/mol. The van der Waals surface area contributed by atoms with E-state index in [9.17, 15) is 14.7 Å². The molecule has 1 aromatic heterocycles. The van der Waals surface area contributed by atoms with Gasteiger partial charge in [-0.1, -0.05) is 13.8 Å². The van der Waals surface area contributed by atoms with Crippen LogP contribution in [-0.2, 0) is 29.1 Å². The number of hydrogen-bond acceptors (Lipinski definition) is 4. The van der Waals surface area contributed by atoms with Crippen molar-refractivity contribution in [2.24, 2.45) is 5.92 Å². The van der Waals surface area contributed by atoms with Gasteiger partial charge >= 0.3 is 5.97 Å². The Morgan fingerprint density at radius 3 is 2.73 bits per heavy atom. The molecule has 0 radical (unpaired) electrons. The van der Waals surface area contributed by atoms with Crippen LogP contribution in [0.15, 0.2) is 6.07 Å². The maximum Gasteiger partial charge on any atom is 0.303 e. The largest absolute Gasteiger partial charge is 0.481 e. The number of amides is 1. The van der Waals surface area contributed by atoms with Crippen molar-refractivity contribution in [2.45, 2.75) is 52.3 Å². The zero-order valence-corrected chi connectivity index (χ0v) is 13.0. The van der Waals surface area contributed by atoms with Crippen LogP contribution in [0, 0.1) is 5.92 Å². The zero-order valence-electron chi connectivity index (χ0n) is 13.0. The van der Waals surface area contributed by atoms with E-state index in [1.54, 1.807) is 4.90 Å². The van der Waals surface area contributed by atoms with E-state index in [0.717, 1.165) is 17.8 Å². The number of carbonyl (C=O) groups excluding carboxylic acids is 1. The predicted molar refractivity (Wildman–Crippen MR) is 79.1 cm³/mol. The van der Waals surface area contributed by atoms with Crippen LogP contribution in [0.25, 0.3) is 0 Å². The number of aliphatic hydroxyl groups excluding tert-OH is 1. The summed E-state index contributed by atoms with van der Waals surface area (Å²) in [7, 11) is 0. The number of carboxylic acids is 1. The first-order valence-electron chi connectivity index (χ1n) is 7.62. The van der Waals surface area contributed by atoms with Crippen molar-refractivity contribution in [3.8, 4) is 0 Å². The van der Waals surface area contributed by atoms with Crippen molar-refractivity contribution in [3.63, 3.8) is 0 Å². The molecule has 7 heteroatoms. The first-order chi connectivity index (χ1) is 10.4. The van der Waals surface area contributed by atoms with Crippen LogP contribution < -0.4 is 0 Å². The Balaban J connectivity index is 2.09. The number of carboxylic acid groups (broad SMARTS) is 1. The average Bonchev–Trinajstić information content (AvgIpc) is 2.74. The number of hydrogen-bond donors (Lipinski definition) is 2.